The summed E-state index contributed by atoms with van der Waals surface area (Å²) in [6.07, 6.45) is 1.80. The quantitative estimate of drug-likeness (QED) is 0.729. The van der Waals surface area contributed by atoms with E-state index in [0.717, 1.165) is 46.8 Å². The van der Waals surface area contributed by atoms with Crippen molar-refractivity contribution in [2.75, 3.05) is 36.1 Å². The van der Waals surface area contributed by atoms with Crippen molar-refractivity contribution in [2.24, 2.45) is 0 Å². The summed E-state index contributed by atoms with van der Waals surface area (Å²) in [6, 6.07) is 0. The van der Waals surface area contributed by atoms with Crippen LogP contribution >= 0.6 is 11.3 Å². The van der Waals surface area contributed by atoms with Crippen molar-refractivity contribution in [3.05, 3.63) is 16.0 Å². The van der Waals surface area contributed by atoms with Crippen molar-refractivity contribution in [2.45, 2.75) is 57.9 Å². The van der Waals surface area contributed by atoms with E-state index in [1.807, 2.05) is 11.8 Å². The number of thiophene rings is 1. The molecule has 0 aromatic carbocycles. The van der Waals surface area contributed by atoms with Crippen LogP contribution in [0.1, 0.15) is 54.4 Å². The van der Waals surface area contributed by atoms with E-state index in [4.69, 9.17) is 9.47 Å². The number of hydrogen-bond acceptors (Lipinski definition) is 6. The summed E-state index contributed by atoms with van der Waals surface area (Å²) in [7, 11) is 0. The maximum absolute atomic E-state index is 13.1. The van der Waals surface area contributed by atoms with Gasteiger partial charge < -0.3 is 14.8 Å². The van der Waals surface area contributed by atoms with Crippen LogP contribution in [-0.4, -0.2) is 49.4 Å². The highest BCUT2D eigenvalue weighted by atomic mass is 32.1. The molecule has 2 fully saturated rings. The normalized spacial score (nSPS) is 27.2. The number of carbonyl (C=O) groups excluding carboxylic acids is 2. The number of carbonyl (C=O) groups is 2. The summed E-state index contributed by atoms with van der Waals surface area (Å²) in [5.74, 6) is 1.03. The van der Waals surface area contributed by atoms with Crippen molar-refractivity contribution < 1.29 is 24.0 Å². The Morgan fingerprint density at radius 2 is 1.90 bits per heavy atom. The van der Waals surface area contributed by atoms with Crippen LogP contribution in [0.25, 0.3) is 10.2 Å². The van der Waals surface area contributed by atoms with Crippen molar-refractivity contribution >= 4 is 44.9 Å². The molecule has 2 amide bonds. The smallest absolute Gasteiger partial charge is 0.281 e. The van der Waals surface area contributed by atoms with Crippen LogP contribution in [0.2, 0.25) is 0 Å². The molecule has 6 rings (SSSR count). The molecular formula is C22H27N4O4S+. The van der Waals surface area contributed by atoms with Crippen LogP contribution in [-0.2, 0) is 27.3 Å². The molecule has 6 heterocycles. The zero-order valence-electron chi connectivity index (χ0n) is 18.1. The second kappa shape index (κ2) is 6.40. The predicted octanol–water partition coefficient (Wildman–Crippen LogP) is 1.99. The van der Waals surface area contributed by atoms with Crippen molar-refractivity contribution in [3.63, 3.8) is 0 Å². The molecule has 4 aliphatic heterocycles. The van der Waals surface area contributed by atoms with Gasteiger partial charge in [0.1, 0.15) is 23.6 Å². The first-order valence-corrected chi connectivity index (χ1v) is 11.7. The molecule has 2 aromatic heterocycles. The van der Waals surface area contributed by atoms with Gasteiger partial charge in [0.25, 0.3) is 11.7 Å². The maximum atomic E-state index is 13.1. The second-order valence-electron chi connectivity index (χ2n) is 9.70. The number of morpholine rings is 1. The number of aromatic amines is 1. The molecule has 2 aromatic rings. The average Bonchev–Trinajstić information content (AvgIpc) is 3.25. The van der Waals surface area contributed by atoms with Gasteiger partial charge in [-0.05, 0) is 32.8 Å². The first kappa shape index (κ1) is 19.5. The molecule has 8 nitrogen and oxygen atoms in total. The number of aromatic nitrogens is 1. The number of amides is 2. The highest BCUT2D eigenvalue weighted by Gasteiger charge is 2.51. The van der Waals surface area contributed by atoms with Crippen molar-refractivity contribution in [1.29, 1.82) is 0 Å². The van der Waals surface area contributed by atoms with E-state index in [9.17, 15) is 9.59 Å². The first-order valence-electron chi connectivity index (χ1n) is 10.9. The fourth-order valence-electron chi connectivity index (χ4n) is 5.43. The fraction of sp³-hybridized carbons (Fsp3) is 0.591. The standard InChI is InChI=1S/C22H26N4O4S/c1-21(2)10-12-13(11-30-21)18(25-6-8-29-9-7-25)23-20-15(12)16-17(31-20)19(28)24-22(3)5-4-14(27)26(16)22/h4-11H2,1-3H3,(H,24,28)/p+1/t22-/m1/s1. The average molecular weight is 444 g/mol. The number of rotatable bonds is 1. The molecule has 0 saturated carbocycles. The predicted molar refractivity (Wildman–Crippen MR) is 117 cm³/mol. The van der Waals surface area contributed by atoms with Crippen LogP contribution in [0.15, 0.2) is 0 Å². The number of hydrogen-bond donors (Lipinski definition) is 1. The van der Waals surface area contributed by atoms with Gasteiger partial charge in [-0.3, -0.25) is 19.4 Å². The lowest BCUT2D eigenvalue weighted by Crippen LogP contribution is -2.59. The van der Waals surface area contributed by atoms with E-state index in [1.54, 1.807) is 0 Å². The third-order valence-electron chi connectivity index (χ3n) is 6.99. The van der Waals surface area contributed by atoms with Gasteiger partial charge in [0, 0.05) is 12.8 Å². The SMILES string of the molecule is CC1(C)Cc2c(c(N3CCOCC3)[nH+]c3sc4c(c23)N2C(=O)CC[C@]2(C)NC4=O)CO1. The van der Waals surface area contributed by atoms with Gasteiger partial charge in [0.2, 0.25) is 5.91 Å². The Balaban J connectivity index is 1.64. The number of H-pyrrole nitrogens is 1. The van der Waals surface area contributed by atoms with E-state index in [0.29, 0.717) is 37.5 Å². The van der Waals surface area contributed by atoms with Crippen LogP contribution in [0.4, 0.5) is 11.5 Å². The van der Waals surface area contributed by atoms with Gasteiger partial charge >= 0.3 is 0 Å². The summed E-state index contributed by atoms with van der Waals surface area (Å²) >= 11 is 1.45. The summed E-state index contributed by atoms with van der Waals surface area (Å²) in [5, 5.41) is 4.10. The fourth-order valence-corrected chi connectivity index (χ4v) is 6.53. The summed E-state index contributed by atoms with van der Waals surface area (Å²) in [6.45, 7) is 9.66. The summed E-state index contributed by atoms with van der Waals surface area (Å²) in [4.78, 5) is 35.4. The molecular weight excluding hydrogens is 416 g/mol. The first-order chi connectivity index (χ1) is 14.8. The van der Waals surface area contributed by atoms with E-state index in [1.165, 1.54) is 16.9 Å². The maximum Gasteiger partial charge on any atom is 0.281 e. The molecule has 0 unspecified atom stereocenters. The molecule has 2 saturated heterocycles. The highest BCUT2D eigenvalue weighted by Crippen LogP contribution is 2.49. The van der Waals surface area contributed by atoms with Crippen molar-refractivity contribution in [3.8, 4) is 0 Å². The number of anilines is 2. The van der Waals surface area contributed by atoms with Gasteiger partial charge in [-0.25, -0.2) is 4.98 Å². The van der Waals surface area contributed by atoms with Crippen molar-refractivity contribution in [1.82, 2.24) is 5.32 Å². The van der Waals surface area contributed by atoms with Gasteiger partial charge in [0.15, 0.2) is 4.83 Å². The lowest BCUT2D eigenvalue weighted by Gasteiger charge is -2.40. The van der Waals surface area contributed by atoms with Gasteiger partial charge in [-0.15, -0.1) is 0 Å². The third kappa shape index (κ3) is 2.76. The topological polar surface area (TPSA) is 85.3 Å². The van der Waals surface area contributed by atoms with Gasteiger partial charge in [0.05, 0.1) is 42.1 Å². The van der Waals surface area contributed by atoms with Crippen LogP contribution in [0.3, 0.4) is 0 Å². The largest absolute Gasteiger partial charge is 0.373 e. The zero-order chi connectivity index (χ0) is 21.5. The van der Waals surface area contributed by atoms with Crippen LogP contribution in [0, 0.1) is 0 Å². The highest BCUT2D eigenvalue weighted by molar-refractivity contribution is 7.21. The zero-order valence-corrected chi connectivity index (χ0v) is 18.9. The minimum Gasteiger partial charge on any atom is -0.373 e. The van der Waals surface area contributed by atoms with Crippen LogP contribution in [0.5, 0.6) is 0 Å². The summed E-state index contributed by atoms with van der Waals surface area (Å²) < 4.78 is 11.8. The molecule has 2 N–H and O–H groups in total. The minimum atomic E-state index is -0.661. The molecule has 1 atom stereocenters. The molecule has 31 heavy (non-hydrogen) atoms. The van der Waals surface area contributed by atoms with E-state index >= 15 is 0 Å². The molecule has 0 aliphatic carbocycles. The lowest BCUT2D eigenvalue weighted by atomic mass is 9.89. The molecule has 0 bridgehead atoms. The van der Waals surface area contributed by atoms with E-state index in [-0.39, 0.29) is 17.4 Å². The Labute approximate surface area is 184 Å². The number of pyridine rings is 1. The molecule has 0 radical (unpaired) electrons. The van der Waals surface area contributed by atoms with Crippen LogP contribution < -0.4 is 20.1 Å². The Hall–Kier alpha value is -2.23. The molecule has 0 spiro atoms. The van der Waals surface area contributed by atoms with Gasteiger partial charge in [-0.1, -0.05) is 11.3 Å². The third-order valence-corrected chi connectivity index (χ3v) is 8.08. The Morgan fingerprint density at radius 1 is 1.13 bits per heavy atom. The van der Waals surface area contributed by atoms with E-state index < -0.39 is 5.66 Å². The number of ether oxygens (including phenoxy) is 2. The Morgan fingerprint density at radius 3 is 2.68 bits per heavy atom. The summed E-state index contributed by atoms with van der Waals surface area (Å²) in [5.41, 5.74) is 2.14. The minimum absolute atomic E-state index is 0.0702. The lowest BCUT2D eigenvalue weighted by molar-refractivity contribution is -0.329. The Kier molecular flexibility index (Phi) is 4.02. The Bertz CT molecular complexity index is 1140. The second-order valence-corrected chi connectivity index (χ2v) is 10.7. The number of fused-ring (bicyclic) bond motifs is 7. The monoisotopic (exact) mass is 443 g/mol. The number of nitrogens with one attached hydrogen (secondary N) is 2. The molecule has 9 heteroatoms. The number of nitrogens with zero attached hydrogens (tertiary/aromatic N) is 2. The molecule has 164 valence electrons. The van der Waals surface area contributed by atoms with Gasteiger partial charge in [-0.2, -0.15) is 0 Å². The molecule has 4 aliphatic rings. The van der Waals surface area contributed by atoms with E-state index in [2.05, 4.69) is 29.0 Å².